The van der Waals surface area contributed by atoms with Crippen molar-refractivity contribution in [2.45, 2.75) is 0 Å². The maximum Gasteiger partial charge on any atom is 0.174 e. The van der Waals surface area contributed by atoms with Crippen LogP contribution in [0.3, 0.4) is 0 Å². The number of benzene rings is 6. The Morgan fingerprint density at radius 2 is 1.09 bits per heavy atom. The van der Waals surface area contributed by atoms with Crippen molar-refractivity contribution in [3.05, 3.63) is 146 Å². The van der Waals surface area contributed by atoms with Crippen LogP contribution in [0.5, 0.6) is 0 Å². The van der Waals surface area contributed by atoms with Crippen LogP contribution < -0.4 is 0 Å². The molecule has 0 fully saturated rings. The van der Waals surface area contributed by atoms with Crippen LogP contribution in [-0.4, -0.2) is 19.4 Å². The average molecular weight is 605 g/mol. The van der Waals surface area contributed by atoms with Gasteiger partial charge in [0.25, 0.3) is 0 Å². The van der Waals surface area contributed by atoms with Gasteiger partial charge in [-0.15, -0.1) is 11.3 Å². The van der Waals surface area contributed by atoms with Crippen molar-refractivity contribution in [3.63, 3.8) is 0 Å². The fraction of sp³-hybridized carbons (Fsp3) is 0. The van der Waals surface area contributed by atoms with Gasteiger partial charge in [0, 0.05) is 32.7 Å². The summed E-state index contributed by atoms with van der Waals surface area (Å²) >= 11 is 1.75. The first kappa shape index (κ1) is 25.4. The van der Waals surface area contributed by atoms with Crippen molar-refractivity contribution in [2.75, 3.05) is 0 Å². The molecule has 4 nitrogen and oxygen atoms in total. The van der Waals surface area contributed by atoms with Crippen LogP contribution in [0.15, 0.2) is 146 Å². The summed E-state index contributed by atoms with van der Waals surface area (Å²) in [4.78, 5) is 17.5. The second-order valence-electron chi connectivity index (χ2n) is 11.7. The Morgan fingerprint density at radius 1 is 0.435 bits per heavy atom. The summed E-state index contributed by atoms with van der Waals surface area (Å²) in [5.74, 6) is 2.00. The quantitative estimate of drug-likeness (QED) is 0.201. The molecule has 0 N–H and O–H groups in total. The van der Waals surface area contributed by atoms with Crippen molar-refractivity contribution in [2.24, 2.45) is 0 Å². The van der Waals surface area contributed by atoms with Gasteiger partial charge in [-0.05, 0) is 40.1 Å². The predicted octanol–water partition coefficient (Wildman–Crippen LogP) is 10.9. The molecule has 0 bridgehead atoms. The molecule has 4 heterocycles. The standard InChI is InChI=1S/C41H24N4S/c1-3-11-25(12-4-1)28-16-9-17-29(23-28)39-42-38(27-13-5-2-6-14-27)43-40(44-39)35-24-33-31-19-10-15-26-21-22-32-30-18-7-8-20-34(30)45(41(33)46-35)37(32)36(26)31/h1-24H. The van der Waals surface area contributed by atoms with Crippen molar-refractivity contribution in [3.8, 4) is 44.6 Å². The van der Waals surface area contributed by atoms with E-state index in [4.69, 9.17) is 15.0 Å². The molecule has 214 valence electrons. The summed E-state index contributed by atoms with van der Waals surface area (Å²) in [6.45, 7) is 0. The summed E-state index contributed by atoms with van der Waals surface area (Å²) in [5.41, 5.74) is 6.69. The Kier molecular flexibility index (Phi) is 5.41. The molecule has 0 saturated carbocycles. The van der Waals surface area contributed by atoms with Gasteiger partial charge in [0.2, 0.25) is 0 Å². The highest BCUT2D eigenvalue weighted by Gasteiger charge is 2.21. The average Bonchev–Trinajstić information content (AvgIpc) is 3.73. The van der Waals surface area contributed by atoms with E-state index in [0.29, 0.717) is 17.5 Å². The molecule has 0 unspecified atom stereocenters. The first-order valence-electron chi connectivity index (χ1n) is 15.4. The molecular formula is C41H24N4S. The van der Waals surface area contributed by atoms with Crippen LogP contribution in [0.25, 0.3) is 92.8 Å². The van der Waals surface area contributed by atoms with Gasteiger partial charge in [-0.3, -0.25) is 4.40 Å². The number of para-hydroxylation sites is 1. The minimum absolute atomic E-state index is 0.659. The van der Waals surface area contributed by atoms with Crippen molar-refractivity contribution < 1.29 is 0 Å². The lowest BCUT2D eigenvalue weighted by Crippen LogP contribution is -1.99. The van der Waals surface area contributed by atoms with Crippen LogP contribution in [0.4, 0.5) is 0 Å². The fourth-order valence-corrected chi connectivity index (χ4v) is 8.04. The number of fused-ring (bicyclic) bond motifs is 6. The summed E-state index contributed by atoms with van der Waals surface area (Å²) in [7, 11) is 0. The molecule has 0 radical (unpaired) electrons. The zero-order valence-electron chi connectivity index (χ0n) is 24.6. The van der Waals surface area contributed by atoms with Crippen LogP contribution in [0.2, 0.25) is 0 Å². The lowest BCUT2D eigenvalue weighted by molar-refractivity contribution is 1.08. The first-order chi connectivity index (χ1) is 22.8. The molecule has 10 aromatic rings. The molecule has 4 aromatic heterocycles. The number of aromatic nitrogens is 4. The molecule has 0 saturated heterocycles. The van der Waals surface area contributed by atoms with Gasteiger partial charge in [0.1, 0.15) is 4.83 Å². The van der Waals surface area contributed by atoms with Gasteiger partial charge in [-0.2, -0.15) is 0 Å². The van der Waals surface area contributed by atoms with E-state index in [0.717, 1.165) is 27.1 Å². The third kappa shape index (κ3) is 3.76. The zero-order valence-corrected chi connectivity index (χ0v) is 25.4. The Balaban J connectivity index is 1.25. The van der Waals surface area contributed by atoms with E-state index in [1.807, 2.05) is 24.3 Å². The van der Waals surface area contributed by atoms with E-state index in [2.05, 4.69) is 126 Å². The zero-order chi connectivity index (χ0) is 30.2. The van der Waals surface area contributed by atoms with Gasteiger partial charge >= 0.3 is 0 Å². The van der Waals surface area contributed by atoms with E-state index in [-0.39, 0.29) is 0 Å². The number of hydrogen-bond acceptors (Lipinski definition) is 4. The maximum absolute atomic E-state index is 5.15. The van der Waals surface area contributed by atoms with Crippen molar-refractivity contribution >= 4 is 59.5 Å². The fourth-order valence-electron chi connectivity index (χ4n) is 6.91. The number of nitrogens with zero attached hydrogens (tertiary/aromatic N) is 4. The van der Waals surface area contributed by atoms with Gasteiger partial charge in [-0.25, -0.2) is 15.0 Å². The number of thiophene rings is 1. The molecule has 0 aliphatic heterocycles. The molecular weight excluding hydrogens is 581 g/mol. The van der Waals surface area contributed by atoms with Crippen LogP contribution in [0.1, 0.15) is 0 Å². The lowest BCUT2D eigenvalue weighted by Gasteiger charge is -2.09. The lowest BCUT2D eigenvalue weighted by atomic mass is 10.0. The summed E-state index contributed by atoms with van der Waals surface area (Å²) < 4.78 is 2.45. The van der Waals surface area contributed by atoms with Gasteiger partial charge in [0.05, 0.1) is 15.9 Å². The molecule has 0 spiro atoms. The van der Waals surface area contributed by atoms with Crippen LogP contribution in [0, 0.1) is 0 Å². The highest BCUT2D eigenvalue weighted by Crippen LogP contribution is 2.45. The van der Waals surface area contributed by atoms with E-state index >= 15 is 0 Å². The molecule has 6 aromatic carbocycles. The highest BCUT2D eigenvalue weighted by atomic mass is 32.1. The second-order valence-corrected chi connectivity index (χ2v) is 12.7. The SMILES string of the molecule is c1ccc(-c2cccc(-c3nc(-c4ccccc4)nc(-c4cc5c6cccc7ccc8c9ccccc9n(c5s4)c8c76)n3)c2)cc1. The van der Waals surface area contributed by atoms with E-state index < -0.39 is 0 Å². The Morgan fingerprint density at radius 3 is 1.93 bits per heavy atom. The van der Waals surface area contributed by atoms with Gasteiger partial charge in [-0.1, -0.05) is 127 Å². The molecule has 0 aliphatic carbocycles. The van der Waals surface area contributed by atoms with Gasteiger partial charge < -0.3 is 0 Å². The van der Waals surface area contributed by atoms with Crippen molar-refractivity contribution in [1.29, 1.82) is 0 Å². The maximum atomic E-state index is 5.15. The van der Waals surface area contributed by atoms with Crippen molar-refractivity contribution in [1.82, 2.24) is 19.4 Å². The topological polar surface area (TPSA) is 43.1 Å². The number of pyridine rings is 1. The Bertz CT molecular complexity index is 2740. The monoisotopic (exact) mass is 604 g/mol. The third-order valence-electron chi connectivity index (χ3n) is 9.00. The molecule has 5 heteroatoms. The van der Waals surface area contributed by atoms with Crippen LogP contribution in [-0.2, 0) is 0 Å². The number of rotatable bonds is 4. The summed E-state index contributed by atoms with van der Waals surface area (Å²) in [6, 6.07) is 51.2. The van der Waals surface area contributed by atoms with Crippen LogP contribution >= 0.6 is 11.3 Å². The summed E-state index contributed by atoms with van der Waals surface area (Å²) in [6.07, 6.45) is 0. The normalized spacial score (nSPS) is 11.9. The predicted molar refractivity (Wildman–Crippen MR) is 192 cm³/mol. The molecule has 0 atom stereocenters. The van der Waals surface area contributed by atoms with E-state index in [1.54, 1.807) is 11.3 Å². The smallest absolute Gasteiger partial charge is 0.174 e. The highest BCUT2D eigenvalue weighted by molar-refractivity contribution is 7.22. The Labute approximate surface area is 268 Å². The van der Waals surface area contributed by atoms with E-state index in [1.165, 1.54) is 48.2 Å². The largest absolute Gasteiger partial charge is 0.299 e. The molecule has 10 rings (SSSR count). The van der Waals surface area contributed by atoms with E-state index in [9.17, 15) is 0 Å². The molecule has 0 amide bonds. The second kappa shape index (κ2) is 9.80. The minimum Gasteiger partial charge on any atom is -0.299 e. The third-order valence-corrected chi connectivity index (χ3v) is 10.1. The number of hydrogen-bond donors (Lipinski definition) is 0. The first-order valence-corrected chi connectivity index (χ1v) is 16.2. The van der Waals surface area contributed by atoms with Gasteiger partial charge in [0.15, 0.2) is 17.5 Å². The molecule has 0 aliphatic rings. The minimum atomic E-state index is 0.659. The molecule has 46 heavy (non-hydrogen) atoms. The summed E-state index contributed by atoms with van der Waals surface area (Å²) in [5, 5.41) is 7.56. The Hall–Kier alpha value is -5.91.